The van der Waals surface area contributed by atoms with Crippen LogP contribution in [-0.4, -0.2) is 35.9 Å². The van der Waals surface area contributed by atoms with Gasteiger partial charge in [0.1, 0.15) is 17.6 Å². The summed E-state index contributed by atoms with van der Waals surface area (Å²) in [7, 11) is 1.22. The molecule has 0 saturated heterocycles. The van der Waals surface area contributed by atoms with Gasteiger partial charge < -0.3 is 19.4 Å². The van der Waals surface area contributed by atoms with Gasteiger partial charge in [-0.1, -0.05) is 16.8 Å². The molecule has 2 rings (SSSR count). The molecule has 0 amide bonds. The molecule has 0 bridgehead atoms. The van der Waals surface area contributed by atoms with Gasteiger partial charge in [-0.25, -0.2) is 4.79 Å². The van der Waals surface area contributed by atoms with Crippen molar-refractivity contribution in [1.29, 1.82) is 0 Å². The minimum Gasteiger partial charge on any atom is -0.479 e. The van der Waals surface area contributed by atoms with Crippen LogP contribution < -0.4 is 4.74 Å². The fraction of sp³-hybridized carbons (Fsp3) is 0.222. The average Bonchev–Trinajstić information content (AvgIpc) is 2.68. The van der Waals surface area contributed by atoms with Crippen LogP contribution in [0.15, 0.2) is 41.6 Å². The molecule has 0 aromatic heterocycles. The number of nitro groups is 1. The topological polar surface area (TPSA) is 120 Å². The first-order valence-electron chi connectivity index (χ1n) is 8.26. The molecular weight excluding hydrogens is 449 g/mol. The fourth-order valence-corrected chi connectivity index (χ4v) is 2.56. The number of alkyl halides is 3. The number of halogens is 4. The summed E-state index contributed by atoms with van der Waals surface area (Å²) in [6.45, 7) is -0.732. The number of hydrogen-bond acceptors (Lipinski definition) is 7. The van der Waals surface area contributed by atoms with Crippen LogP contribution in [0.25, 0.3) is 0 Å². The molecule has 0 spiro atoms. The maximum absolute atomic E-state index is 12.8. The summed E-state index contributed by atoms with van der Waals surface area (Å²) >= 11 is 5.86. The molecule has 0 aliphatic rings. The summed E-state index contributed by atoms with van der Waals surface area (Å²) in [4.78, 5) is 25.6. The van der Waals surface area contributed by atoms with E-state index in [1.807, 2.05) is 0 Å². The molecule has 2 aromatic carbocycles. The van der Waals surface area contributed by atoms with Crippen molar-refractivity contribution in [3.05, 3.63) is 62.7 Å². The summed E-state index contributed by atoms with van der Waals surface area (Å²) in [5.41, 5.74) is -1.37. The SMILES string of the molecule is COC(C=NOCC(=O)O)c1cc(Oc2ccc(C(F)(F)F)cc2Cl)ccc1[N+](=O)[O-]. The van der Waals surface area contributed by atoms with Crippen LogP contribution in [0, 0.1) is 10.1 Å². The first kappa shape index (κ1) is 23.9. The standard InChI is InChI=1S/C18H14ClF3N2O7/c1-29-16(8-23-30-9-17(25)26)12-7-11(3-4-14(12)24(27)28)31-15-5-2-10(6-13(15)19)18(20,21)22/h2-8,16H,9H2,1H3,(H,25,26). The third kappa shape index (κ3) is 6.55. The molecule has 2 aromatic rings. The van der Waals surface area contributed by atoms with E-state index >= 15 is 0 Å². The summed E-state index contributed by atoms with van der Waals surface area (Å²) in [5, 5.41) is 22.9. The molecule has 0 saturated carbocycles. The van der Waals surface area contributed by atoms with Crippen LogP contribution >= 0.6 is 11.6 Å². The van der Waals surface area contributed by atoms with Gasteiger partial charge in [-0.2, -0.15) is 13.2 Å². The second kappa shape index (κ2) is 10.1. The zero-order chi connectivity index (χ0) is 23.2. The smallest absolute Gasteiger partial charge is 0.416 e. The van der Waals surface area contributed by atoms with Crippen molar-refractivity contribution < 1.29 is 42.3 Å². The van der Waals surface area contributed by atoms with Crippen LogP contribution in [0.5, 0.6) is 11.5 Å². The van der Waals surface area contributed by atoms with Gasteiger partial charge in [-0.15, -0.1) is 0 Å². The van der Waals surface area contributed by atoms with Crippen LogP contribution in [0.1, 0.15) is 17.2 Å². The molecule has 9 nitrogen and oxygen atoms in total. The molecule has 13 heteroatoms. The average molecular weight is 463 g/mol. The Bertz CT molecular complexity index is 999. The highest BCUT2D eigenvalue weighted by Gasteiger charge is 2.31. The van der Waals surface area contributed by atoms with E-state index in [1.165, 1.54) is 19.2 Å². The van der Waals surface area contributed by atoms with E-state index in [-0.39, 0.29) is 27.8 Å². The lowest BCUT2D eigenvalue weighted by atomic mass is 10.1. The zero-order valence-corrected chi connectivity index (χ0v) is 16.4. The number of oxime groups is 1. The van der Waals surface area contributed by atoms with Crippen molar-refractivity contribution in [1.82, 2.24) is 0 Å². The van der Waals surface area contributed by atoms with Crippen molar-refractivity contribution >= 4 is 29.5 Å². The quantitative estimate of drug-likeness (QED) is 0.321. The summed E-state index contributed by atoms with van der Waals surface area (Å²) in [6, 6.07) is 6.01. The van der Waals surface area contributed by atoms with Gasteiger partial charge in [-0.3, -0.25) is 10.1 Å². The Morgan fingerprint density at radius 2 is 2.03 bits per heavy atom. The number of nitrogens with zero attached hydrogens (tertiary/aromatic N) is 2. The number of rotatable bonds is 9. The lowest BCUT2D eigenvalue weighted by Crippen LogP contribution is -2.09. The van der Waals surface area contributed by atoms with Crippen molar-refractivity contribution in [3.8, 4) is 11.5 Å². The third-order valence-corrected chi connectivity index (χ3v) is 4.00. The Morgan fingerprint density at radius 3 is 2.58 bits per heavy atom. The summed E-state index contributed by atoms with van der Waals surface area (Å²) in [6.07, 6.45) is -4.71. The molecule has 0 aliphatic heterocycles. The highest BCUT2D eigenvalue weighted by atomic mass is 35.5. The van der Waals surface area contributed by atoms with E-state index in [0.717, 1.165) is 24.4 Å². The molecule has 0 aliphatic carbocycles. The first-order chi connectivity index (χ1) is 14.5. The molecule has 0 heterocycles. The largest absolute Gasteiger partial charge is 0.479 e. The normalized spacial score (nSPS) is 12.5. The lowest BCUT2D eigenvalue weighted by molar-refractivity contribution is -0.386. The van der Waals surface area contributed by atoms with E-state index in [9.17, 15) is 28.1 Å². The van der Waals surface area contributed by atoms with Crippen LogP contribution in [-0.2, 0) is 20.5 Å². The Balaban J connectivity index is 2.34. The number of methoxy groups -OCH3 is 1. The fourth-order valence-electron chi connectivity index (χ4n) is 2.34. The van der Waals surface area contributed by atoms with Gasteiger partial charge in [0.2, 0.25) is 6.61 Å². The lowest BCUT2D eigenvalue weighted by Gasteiger charge is -2.14. The molecule has 1 atom stereocenters. The number of hydrogen-bond donors (Lipinski definition) is 1. The predicted octanol–water partition coefficient (Wildman–Crippen LogP) is 4.83. The second-order valence-electron chi connectivity index (χ2n) is 5.80. The monoisotopic (exact) mass is 462 g/mol. The zero-order valence-electron chi connectivity index (χ0n) is 15.6. The summed E-state index contributed by atoms with van der Waals surface area (Å²) in [5.74, 6) is -1.37. The Morgan fingerprint density at radius 1 is 1.32 bits per heavy atom. The van der Waals surface area contributed by atoms with Crippen LogP contribution in [0.4, 0.5) is 18.9 Å². The highest BCUT2D eigenvalue weighted by molar-refractivity contribution is 6.32. The number of aliphatic carboxylic acids is 1. The number of benzene rings is 2. The molecule has 0 fully saturated rings. The first-order valence-corrected chi connectivity index (χ1v) is 8.63. The molecule has 1 N–H and O–H groups in total. The van der Waals surface area contributed by atoms with E-state index in [4.69, 9.17) is 26.2 Å². The molecule has 0 radical (unpaired) electrons. The highest BCUT2D eigenvalue weighted by Crippen LogP contribution is 2.38. The van der Waals surface area contributed by atoms with E-state index < -0.39 is 35.3 Å². The summed E-state index contributed by atoms with van der Waals surface area (Å²) < 4.78 is 48.9. The van der Waals surface area contributed by atoms with Gasteiger partial charge >= 0.3 is 12.1 Å². The Hall–Kier alpha value is -3.38. The molecule has 1 unspecified atom stereocenters. The van der Waals surface area contributed by atoms with Gasteiger partial charge in [0.05, 0.1) is 27.3 Å². The van der Waals surface area contributed by atoms with E-state index in [1.54, 1.807) is 0 Å². The number of nitro benzene ring substituents is 1. The molecule has 166 valence electrons. The Kier molecular flexibility index (Phi) is 7.78. The Labute approximate surface area is 177 Å². The van der Waals surface area contributed by atoms with Crippen molar-refractivity contribution in [2.75, 3.05) is 13.7 Å². The van der Waals surface area contributed by atoms with Crippen molar-refractivity contribution in [3.63, 3.8) is 0 Å². The van der Waals surface area contributed by atoms with Crippen molar-refractivity contribution in [2.24, 2.45) is 5.16 Å². The second-order valence-corrected chi connectivity index (χ2v) is 6.21. The van der Waals surface area contributed by atoms with Gasteiger partial charge in [0.25, 0.3) is 5.69 Å². The number of carbonyl (C=O) groups is 1. The number of ether oxygens (including phenoxy) is 2. The van der Waals surface area contributed by atoms with Gasteiger partial charge in [0.15, 0.2) is 0 Å². The van der Waals surface area contributed by atoms with E-state index in [0.29, 0.717) is 6.07 Å². The van der Waals surface area contributed by atoms with E-state index in [2.05, 4.69) is 9.99 Å². The van der Waals surface area contributed by atoms with Gasteiger partial charge in [0, 0.05) is 13.2 Å². The minimum absolute atomic E-state index is 0.0177. The maximum atomic E-state index is 12.8. The number of carboxylic acid groups (broad SMARTS) is 1. The van der Waals surface area contributed by atoms with Crippen LogP contribution in [0.3, 0.4) is 0 Å². The van der Waals surface area contributed by atoms with Gasteiger partial charge in [-0.05, 0) is 30.3 Å². The minimum atomic E-state index is -4.59. The van der Waals surface area contributed by atoms with Crippen LogP contribution in [0.2, 0.25) is 5.02 Å². The van der Waals surface area contributed by atoms with Crippen molar-refractivity contribution in [2.45, 2.75) is 12.3 Å². The number of carboxylic acids is 1. The maximum Gasteiger partial charge on any atom is 0.416 e. The molecule has 31 heavy (non-hydrogen) atoms. The predicted molar refractivity (Wildman–Crippen MR) is 101 cm³/mol. The molecular formula is C18H14ClF3N2O7. The third-order valence-electron chi connectivity index (χ3n) is 3.70.